The molecule has 6 heteroatoms. The molecular weight excluding hydrogens is 239 g/mol. The highest BCUT2D eigenvalue weighted by atomic mass is 19.1. The van der Waals surface area contributed by atoms with Gasteiger partial charge in [0.15, 0.2) is 0 Å². The Kier molecular flexibility index (Phi) is 3.01. The highest BCUT2D eigenvalue weighted by molar-refractivity contribution is 5.23. The molecule has 0 radical (unpaired) electrons. The molecule has 0 unspecified atom stereocenters. The number of nitrogens with one attached hydrogen (secondary N) is 1. The van der Waals surface area contributed by atoms with E-state index in [-0.39, 0.29) is 6.54 Å². The Morgan fingerprint density at radius 2 is 2.11 bits per heavy atom. The number of H-pyrrole nitrogens is 1. The molecule has 0 amide bonds. The lowest BCUT2D eigenvalue weighted by Gasteiger charge is -2.08. The summed E-state index contributed by atoms with van der Waals surface area (Å²) in [7, 11) is 0. The molecule has 18 heavy (non-hydrogen) atoms. The predicted molar refractivity (Wildman–Crippen MR) is 63.2 cm³/mol. The van der Waals surface area contributed by atoms with E-state index in [1.165, 1.54) is 0 Å². The molecule has 0 atom stereocenters. The first-order valence-corrected chi connectivity index (χ1v) is 5.26. The predicted octanol–water partition coefficient (Wildman–Crippen LogP) is 0.738. The van der Waals surface area contributed by atoms with Crippen LogP contribution in [0.5, 0.6) is 5.88 Å². The van der Waals surface area contributed by atoms with Gasteiger partial charge in [0, 0.05) is 0 Å². The molecule has 0 aliphatic heterocycles. The van der Waals surface area contributed by atoms with E-state index in [9.17, 15) is 19.1 Å². The Bertz CT molecular complexity index is 703. The molecule has 0 saturated heterocycles. The summed E-state index contributed by atoms with van der Waals surface area (Å²) in [6.45, 7) is 1.86. The maximum Gasteiger partial charge on any atom is 0.331 e. The maximum absolute atomic E-state index is 13.2. The van der Waals surface area contributed by atoms with Crippen LogP contribution in [0.25, 0.3) is 0 Å². The molecular formula is C12H11FN2O3. The smallest absolute Gasteiger partial charge is 0.331 e. The van der Waals surface area contributed by atoms with Gasteiger partial charge < -0.3 is 5.11 Å². The number of benzene rings is 1. The van der Waals surface area contributed by atoms with Gasteiger partial charge in [-0.15, -0.1) is 0 Å². The second kappa shape index (κ2) is 4.48. The molecule has 2 rings (SSSR count). The summed E-state index contributed by atoms with van der Waals surface area (Å²) in [6.07, 6.45) is 0. The van der Waals surface area contributed by atoms with Crippen molar-refractivity contribution in [2.24, 2.45) is 0 Å². The molecule has 1 aromatic carbocycles. The summed E-state index contributed by atoms with van der Waals surface area (Å²) < 4.78 is 14.0. The monoisotopic (exact) mass is 250 g/mol. The van der Waals surface area contributed by atoms with Crippen LogP contribution in [0, 0.1) is 12.7 Å². The summed E-state index contributed by atoms with van der Waals surface area (Å²) in [6, 6.07) is 7.20. The van der Waals surface area contributed by atoms with E-state index in [0.29, 0.717) is 0 Å². The van der Waals surface area contributed by atoms with Gasteiger partial charge in [-0.05, 0) is 12.5 Å². The number of aromatic amines is 1. The summed E-state index contributed by atoms with van der Waals surface area (Å²) in [5.74, 6) is -2.31. The quantitative estimate of drug-likeness (QED) is 0.825. The number of halogens is 1. The molecule has 0 bridgehead atoms. The average molecular weight is 250 g/mol. The van der Waals surface area contributed by atoms with Crippen molar-refractivity contribution in [1.29, 1.82) is 0 Å². The van der Waals surface area contributed by atoms with Crippen LogP contribution in [0.1, 0.15) is 11.1 Å². The van der Waals surface area contributed by atoms with E-state index in [2.05, 4.69) is 0 Å². The van der Waals surface area contributed by atoms with Gasteiger partial charge in [0.05, 0.1) is 6.54 Å². The molecule has 1 aromatic heterocycles. The van der Waals surface area contributed by atoms with Crippen molar-refractivity contribution in [2.75, 3.05) is 0 Å². The molecule has 94 valence electrons. The molecule has 0 aliphatic rings. The molecule has 1 heterocycles. The average Bonchev–Trinajstić information content (AvgIpc) is 2.32. The van der Waals surface area contributed by atoms with Crippen LogP contribution in [0.2, 0.25) is 0 Å². The first kappa shape index (κ1) is 12.1. The molecule has 0 aliphatic carbocycles. The minimum Gasteiger partial charge on any atom is -0.492 e. The second-order valence-electron chi connectivity index (χ2n) is 3.97. The van der Waals surface area contributed by atoms with Crippen molar-refractivity contribution in [3.8, 4) is 5.88 Å². The van der Waals surface area contributed by atoms with Crippen LogP contribution in [0.3, 0.4) is 0 Å². The number of aryl methyl sites for hydroxylation is 1. The lowest BCUT2D eigenvalue weighted by Crippen LogP contribution is -2.32. The van der Waals surface area contributed by atoms with Gasteiger partial charge in [0.25, 0.3) is 5.56 Å². The topological polar surface area (TPSA) is 75.1 Å². The number of aromatic hydroxyl groups is 1. The van der Waals surface area contributed by atoms with Crippen molar-refractivity contribution >= 4 is 0 Å². The minimum absolute atomic E-state index is 0.0138. The molecule has 2 aromatic rings. The normalized spacial score (nSPS) is 10.6. The molecule has 0 saturated carbocycles. The van der Waals surface area contributed by atoms with Crippen LogP contribution in [-0.4, -0.2) is 14.7 Å². The highest BCUT2D eigenvalue weighted by Crippen LogP contribution is 2.11. The highest BCUT2D eigenvalue weighted by Gasteiger charge is 2.13. The van der Waals surface area contributed by atoms with Gasteiger partial charge in [-0.3, -0.25) is 14.3 Å². The number of rotatable bonds is 2. The fraction of sp³-hybridized carbons (Fsp3) is 0.167. The summed E-state index contributed by atoms with van der Waals surface area (Å²) in [5, 5.41) is 9.46. The first-order valence-electron chi connectivity index (χ1n) is 5.26. The largest absolute Gasteiger partial charge is 0.492 e. The van der Waals surface area contributed by atoms with Gasteiger partial charge in [-0.25, -0.2) is 4.79 Å². The van der Waals surface area contributed by atoms with Crippen molar-refractivity contribution in [2.45, 2.75) is 13.5 Å². The number of hydrogen-bond donors (Lipinski definition) is 2. The van der Waals surface area contributed by atoms with Gasteiger partial charge in [0.1, 0.15) is 0 Å². The van der Waals surface area contributed by atoms with Gasteiger partial charge in [-0.2, -0.15) is 4.39 Å². The van der Waals surface area contributed by atoms with Gasteiger partial charge in [-0.1, -0.05) is 29.8 Å². The Hall–Kier alpha value is -2.37. The van der Waals surface area contributed by atoms with E-state index in [0.717, 1.165) is 15.7 Å². The van der Waals surface area contributed by atoms with Crippen LogP contribution >= 0.6 is 0 Å². The molecule has 5 nitrogen and oxygen atoms in total. The Labute approximate surface area is 101 Å². The van der Waals surface area contributed by atoms with Crippen molar-refractivity contribution in [3.63, 3.8) is 0 Å². The SMILES string of the molecule is Cc1cccc(Cn2c(O)c(F)c(=O)[nH]c2=O)c1. The summed E-state index contributed by atoms with van der Waals surface area (Å²) in [5.41, 5.74) is -0.373. The number of nitrogens with zero attached hydrogens (tertiary/aromatic N) is 1. The number of hydrogen-bond acceptors (Lipinski definition) is 3. The van der Waals surface area contributed by atoms with Crippen LogP contribution in [0.4, 0.5) is 4.39 Å². The van der Waals surface area contributed by atoms with E-state index in [1.807, 2.05) is 13.0 Å². The van der Waals surface area contributed by atoms with Crippen molar-refractivity contribution in [3.05, 3.63) is 62.0 Å². The van der Waals surface area contributed by atoms with Crippen molar-refractivity contribution < 1.29 is 9.50 Å². The van der Waals surface area contributed by atoms with E-state index in [1.54, 1.807) is 23.2 Å². The first-order chi connectivity index (χ1) is 8.49. The summed E-state index contributed by atoms with van der Waals surface area (Å²) >= 11 is 0. The lowest BCUT2D eigenvalue weighted by atomic mass is 10.1. The molecule has 0 fully saturated rings. The third-order valence-corrected chi connectivity index (χ3v) is 2.54. The molecule has 0 spiro atoms. The van der Waals surface area contributed by atoms with Gasteiger partial charge in [0.2, 0.25) is 11.7 Å². The van der Waals surface area contributed by atoms with Crippen molar-refractivity contribution in [1.82, 2.24) is 9.55 Å². The minimum atomic E-state index is -1.36. The summed E-state index contributed by atoms with van der Waals surface area (Å²) in [4.78, 5) is 24.2. The third-order valence-electron chi connectivity index (χ3n) is 2.54. The Morgan fingerprint density at radius 1 is 1.39 bits per heavy atom. The van der Waals surface area contributed by atoms with Crippen LogP contribution < -0.4 is 11.2 Å². The third kappa shape index (κ3) is 2.17. The standard InChI is InChI=1S/C12H11FN2O3/c1-7-3-2-4-8(5-7)6-15-11(17)9(13)10(16)14-12(15)18/h2-5,17H,6H2,1H3,(H,14,16,18). The Morgan fingerprint density at radius 3 is 2.78 bits per heavy atom. The zero-order valence-corrected chi connectivity index (χ0v) is 9.61. The Balaban J connectivity index is 2.50. The maximum atomic E-state index is 13.2. The van der Waals surface area contributed by atoms with E-state index >= 15 is 0 Å². The van der Waals surface area contributed by atoms with Gasteiger partial charge >= 0.3 is 5.69 Å². The number of aromatic nitrogens is 2. The fourth-order valence-corrected chi connectivity index (χ4v) is 1.68. The van der Waals surface area contributed by atoms with Crippen LogP contribution in [-0.2, 0) is 6.54 Å². The zero-order valence-electron chi connectivity index (χ0n) is 9.61. The van der Waals surface area contributed by atoms with Crippen LogP contribution in [0.15, 0.2) is 33.9 Å². The van der Waals surface area contributed by atoms with E-state index < -0.39 is 22.9 Å². The second-order valence-corrected chi connectivity index (χ2v) is 3.97. The fourth-order valence-electron chi connectivity index (χ4n) is 1.68. The van der Waals surface area contributed by atoms with E-state index in [4.69, 9.17) is 0 Å². The zero-order chi connectivity index (χ0) is 13.3. The molecule has 2 N–H and O–H groups in total. The lowest BCUT2D eigenvalue weighted by molar-refractivity contribution is 0.367.